The zero-order valence-electron chi connectivity index (χ0n) is 13.5. The Kier molecular flexibility index (Phi) is 6.42. The van der Waals surface area contributed by atoms with Crippen molar-refractivity contribution in [3.05, 3.63) is 34.9 Å². The van der Waals surface area contributed by atoms with Gasteiger partial charge in [0.15, 0.2) is 0 Å². The number of amides is 2. The number of nitrogens with one attached hydrogen (secondary N) is 1. The van der Waals surface area contributed by atoms with E-state index in [-0.39, 0.29) is 17.9 Å². The maximum absolute atomic E-state index is 12.3. The van der Waals surface area contributed by atoms with Gasteiger partial charge in [0.05, 0.1) is 6.10 Å². The Morgan fingerprint density at radius 1 is 1.39 bits per heavy atom. The van der Waals surface area contributed by atoms with E-state index in [9.17, 15) is 9.59 Å². The highest BCUT2D eigenvalue weighted by molar-refractivity contribution is 6.30. The molecule has 0 spiro atoms. The number of halogens is 1. The van der Waals surface area contributed by atoms with Crippen LogP contribution in [0.4, 0.5) is 0 Å². The lowest BCUT2D eigenvalue weighted by Crippen LogP contribution is -2.48. The fourth-order valence-corrected chi connectivity index (χ4v) is 2.74. The minimum atomic E-state index is -0.537. The van der Waals surface area contributed by atoms with E-state index in [0.717, 1.165) is 25.0 Å². The molecule has 1 heterocycles. The van der Waals surface area contributed by atoms with E-state index in [1.807, 2.05) is 12.1 Å². The first-order valence-electron chi connectivity index (χ1n) is 7.88. The fraction of sp³-hybridized carbons (Fsp3) is 0.529. The normalized spacial score (nSPS) is 18.5. The third kappa shape index (κ3) is 5.22. The molecule has 0 radical (unpaired) electrons. The average molecular weight is 339 g/mol. The van der Waals surface area contributed by atoms with Crippen molar-refractivity contribution in [1.82, 2.24) is 10.2 Å². The molecule has 1 aliphatic rings. The molecule has 1 aromatic rings. The number of hydrogen-bond acceptors (Lipinski definition) is 3. The Balaban J connectivity index is 1.93. The summed E-state index contributed by atoms with van der Waals surface area (Å²) in [5, 5.41) is 3.52. The molecule has 0 saturated carbocycles. The SMILES string of the molecule is CC(=O)N(Cc1ccc(Cl)cc1)C(C)C(=O)NCC1CCCO1. The minimum absolute atomic E-state index is 0.0909. The van der Waals surface area contributed by atoms with Gasteiger partial charge in [-0.1, -0.05) is 23.7 Å². The molecule has 1 saturated heterocycles. The van der Waals surface area contributed by atoms with Crippen LogP contribution >= 0.6 is 11.6 Å². The first-order chi connectivity index (χ1) is 11.0. The van der Waals surface area contributed by atoms with Crippen LogP contribution in [0.3, 0.4) is 0 Å². The monoisotopic (exact) mass is 338 g/mol. The van der Waals surface area contributed by atoms with E-state index in [4.69, 9.17) is 16.3 Å². The predicted octanol–water partition coefficient (Wildman–Crippen LogP) is 2.37. The molecule has 2 atom stereocenters. The molecule has 0 aromatic heterocycles. The predicted molar refractivity (Wildman–Crippen MR) is 89.1 cm³/mol. The number of benzene rings is 1. The van der Waals surface area contributed by atoms with Crippen molar-refractivity contribution in [3.63, 3.8) is 0 Å². The summed E-state index contributed by atoms with van der Waals surface area (Å²) in [6, 6.07) is 6.73. The van der Waals surface area contributed by atoms with Gasteiger partial charge in [0, 0.05) is 31.6 Å². The summed E-state index contributed by atoms with van der Waals surface area (Å²) in [5.74, 6) is -0.302. The smallest absolute Gasteiger partial charge is 0.242 e. The summed E-state index contributed by atoms with van der Waals surface area (Å²) in [5.41, 5.74) is 0.934. The molecule has 0 aliphatic carbocycles. The van der Waals surface area contributed by atoms with Gasteiger partial charge in [0.25, 0.3) is 0 Å². The van der Waals surface area contributed by atoms with Gasteiger partial charge in [-0.25, -0.2) is 0 Å². The minimum Gasteiger partial charge on any atom is -0.376 e. The molecule has 23 heavy (non-hydrogen) atoms. The van der Waals surface area contributed by atoms with Gasteiger partial charge < -0.3 is 15.0 Å². The van der Waals surface area contributed by atoms with Crippen LogP contribution in [0, 0.1) is 0 Å². The molecule has 2 amide bonds. The van der Waals surface area contributed by atoms with Crippen molar-refractivity contribution in [1.29, 1.82) is 0 Å². The first kappa shape index (κ1) is 17.8. The quantitative estimate of drug-likeness (QED) is 0.866. The lowest BCUT2D eigenvalue weighted by molar-refractivity contribution is -0.139. The molecule has 1 aromatic carbocycles. The molecule has 2 unspecified atom stereocenters. The zero-order valence-corrected chi connectivity index (χ0v) is 14.3. The fourth-order valence-electron chi connectivity index (χ4n) is 2.62. The summed E-state index contributed by atoms with van der Waals surface area (Å²) >= 11 is 5.87. The molecule has 1 aliphatic heterocycles. The molecule has 1 N–H and O–H groups in total. The second kappa shape index (κ2) is 8.31. The topological polar surface area (TPSA) is 58.6 Å². The van der Waals surface area contributed by atoms with E-state index in [2.05, 4.69) is 5.32 Å². The number of nitrogens with zero attached hydrogens (tertiary/aromatic N) is 1. The van der Waals surface area contributed by atoms with Crippen LogP contribution in [-0.4, -0.2) is 42.0 Å². The van der Waals surface area contributed by atoms with Crippen molar-refractivity contribution in [2.45, 2.75) is 45.4 Å². The third-order valence-electron chi connectivity index (χ3n) is 4.05. The molecule has 126 valence electrons. The number of carbonyl (C=O) groups excluding carboxylic acids is 2. The molecule has 5 nitrogen and oxygen atoms in total. The van der Waals surface area contributed by atoms with Gasteiger partial charge in [0.1, 0.15) is 6.04 Å². The molecule has 0 bridgehead atoms. The second-order valence-electron chi connectivity index (χ2n) is 5.83. The second-order valence-corrected chi connectivity index (χ2v) is 6.27. The highest BCUT2D eigenvalue weighted by Gasteiger charge is 2.25. The van der Waals surface area contributed by atoms with Crippen LogP contribution < -0.4 is 5.32 Å². The maximum atomic E-state index is 12.3. The summed E-state index contributed by atoms with van der Waals surface area (Å²) in [4.78, 5) is 25.8. The van der Waals surface area contributed by atoms with Gasteiger partial charge in [-0.3, -0.25) is 9.59 Å². The van der Waals surface area contributed by atoms with Crippen molar-refractivity contribution in [2.75, 3.05) is 13.2 Å². The Bertz CT molecular complexity index is 541. The largest absolute Gasteiger partial charge is 0.376 e. The number of rotatable bonds is 6. The highest BCUT2D eigenvalue weighted by atomic mass is 35.5. The van der Waals surface area contributed by atoms with E-state index >= 15 is 0 Å². The maximum Gasteiger partial charge on any atom is 0.242 e. The number of carbonyl (C=O) groups is 2. The summed E-state index contributed by atoms with van der Waals surface area (Å²) < 4.78 is 5.49. The first-order valence-corrected chi connectivity index (χ1v) is 8.26. The summed E-state index contributed by atoms with van der Waals surface area (Å²) in [7, 11) is 0. The van der Waals surface area contributed by atoms with E-state index in [1.54, 1.807) is 24.0 Å². The number of hydrogen-bond donors (Lipinski definition) is 1. The Hall–Kier alpha value is -1.59. The standard InChI is InChI=1S/C17H23ClN2O3/c1-12(17(22)19-10-16-4-3-9-23-16)20(13(2)21)11-14-5-7-15(18)8-6-14/h5-8,12,16H,3-4,9-11H2,1-2H3,(H,19,22). The molecular formula is C17H23ClN2O3. The highest BCUT2D eigenvalue weighted by Crippen LogP contribution is 2.14. The van der Waals surface area contributed by atoms with Gasteiger partial charge in [-0.15, -0.1) is 0 Å². The van der Waals surface area contributed by atoms with Crippen molar-refractivity contribution in [3.8, 4) is 0 Å². The number of ether oxygens (including phenoxy) is 1. The Morgan fingerprint density at radius 3 is 2.65 bits per heavy atom. The van der Waals surface area contributed by atoms with Gasteiger partial charge >= 0.3 is 0 Å². The summed E-state index contributed by atoms with van der Waals surface area (Å²) in [6.07, 6.45) is 2.09. The van der Waals surface area contributed by atoms with Crippen molar-refractivity contribution in [2.24, 2.45) is 0 Å². The zero-order chi connectivity index (χ0) is 16.8. The van der Waals surface area contributed by atoms with Gasteiger partial charge in [-0.05, 0) is 37.5 Å². The Morgan fingerprint density at radius 2 is 2.09 bits per heavy atom. The van der Waals surface area contributed by atoms with Gasteiger partial charge in [0.2, 0.25) is 11.8 Å². The van der Waals surface area contributed by atoms with Crippen LogP contribution in [0.25, 0.3) is 0 Å². The van der Waals surface area contributed by atoms with Crippen LogP contribution in [-0.2, 0) is 20.9 Å². The molecule has 6 heteroatoms. The lowest BCUT2D eigenvalue weighted by atomic mass is 10.1. The molecular weight excluding hydrogens is 316 g/mol. The molecule has 2 rings (SSSR count). The van der Waals surface area contributed by atoms with Crippen LogP contribution in [0.5, 0.6) is 0 Å². The lowest BCUT2D eigenvalue weighted by Gasteiger charge is -2.28. The van der Waals surface area contributed by atoms with E-state index in [0.29, 0.717) is 18.1 Å². The third-order valence-corrected chi connectivity index (χ3v) is 4.30. The van der Waals surface area contributed by atoms with E-state index in [1.165, 1.54) is 6.92 Å². The average Bonchev–Trinajstić information content (AvgIpc) is 3.04. The van der Waals surface area contributed by atoms with Crippen molar-refractivity contribution >= 4 is 23.4 Å². The van der Waals surface area contributed by atoms with Crippen molar-refractivity contribution < 1.29 is 14.3 Å². The van der Waals surface area contributed by atoms with Crippen LogP contribution in [0.2, 0.25) is 5.02 Å². The van der Waals surface area contributed by atoms with Crippen LogP contribution in [0.15, 0.2) is 24.3 Å². The van der Waals surface area contributed by atoms with Gasteiger partial charge in [-0.2, -0.15) is 0 Å². The summed E-state index contributed by atoms with van der Waals surface area (Å²) in [6.45, 7) is 4.84. The molecule has 1 fully saturated rings. The van der Waals surface area contributed by atoms with E-state index < -0.39 is 6.04 Å². The Labute approximate surface area is 141 Å². The van der Waals surface area contributed by atoms with Crippen LogP contribution in [0.1, 0.15) is 32.3 Å².